The molecular weight excluding hydrogens is 332 g/mol. The molecule has 0 aliphatic rings. The van der Waals surface area contributed by atoms with E-state index in [-0.39, 0.29) is 0 Å². The Hall–Kier alpha value is -3.30. The highest BCUT2D eigenvalue weighted by Crippen LogP contribution is 2.44. The fourth-order valence-corrected chi connectivity index (χ4v) is 3.56. The van der Waals surface area contributed by atoms with Crippen molar-refractivity contribution in [3.05, 3.63) is 132 Å². The van der Waals surface area contributed by atoms with Crippen LogP contribution in [0.3, 0.4) is 0 Å². The zero-order valence-corrected chi connectivity index (χ0v) is 14.8. The van der Waals surface area contributed by atoms with Gasteiger partial charge in [0.15, 0.2) is 0 Å². The first-order valence-corrected chi connectivity index (χ1v) is 8.95. The molecule has 0 saturated heterocycles. The van der Waals surface area contributed by atoms with E-state index in [1.54, 1.807) is 12.4 Å². The molecule has 1 N–H and O–H groups in total. The maximum atomic E-state index is 12.2. The fraction of sp³-hybridized carbons (Fsp3) is 0.0833. The van der Waals surface area contributed by atoms with Crippen LogP contribution >= 0.6 is 0 Å². The van der Waals surface area contributed by atoms with Gasteiger partial charge >= 0.3 is 0 Å². The van der Waals surface area contributed by atoms with Crippen LogP contribution in [0, 0.1) is 0 Å². The molecule has 3 heteroatoms. The van der Waals surface area contributed by atoms with Crippen molar-refractivity contribution in [1.82, 2.24) is 9.97 Å². The fourth-order valence-electron chi connectivity index (χ4n) is 3.56. The molecule has 0 fully saturated rings. The van der Waals surface area contributed by atoms with E-state index in [0.717, 1.165) is 16.8 Å². The number of hydrogen-bond acceptors (Lipinski definition) is 3. The van der Waals surface area contributed by atoms with E-state index in [9.17, 15) is 5.11 Å². The van der Waals surface area contributed by atoms with Crippen molar-refractivity contribution in [3.63, 3.8) is 0 Å². The lowest BCUT2D eigenvalue weighted by atomic mass is 9.73. The zero-order valence-electron chi connectivity index (χ0n) is 14.8. The lowest BCUT2D eigenvalue weighted by Crippen LogP contribution is -2.37. The Morgan fingerprint density at radius 3 is 1.81 bits per heavy atom. The van der Waals surface area contributed by atoms with Crippen LogP contribution in [0.15, 0.2) is 109 Å². The molecule has 2 unspecified atom stereocenters. The number of aromatic nitrogens is 2. The Morgan fingerprint density at radius 2 is 1.22 bits per heavy atom. The van der Waals surface area contributed by atoms with Crippen LogP contribution in [0.5, 0.6) is 0 Å². The lowest BCUT2D eigenvalue weighted by Gasteiger charge is -2.36. The molecular formula is C24H20N2O. The summed E-state index contributed by atoms with van der Waals surface area (Å²) in [4.78, 5) is 9.11. The molecule has 0 saturated carbocycles. The maximum Gasteiger partial charge on any atom is 0.144 e. The monoisotopic (exact) mass is 352 g/mol. The number of aliphatic hydroxyl groups is 1. The van der Waals surface area contributed by atoms with Crippen molar-refractivity contribution in [1.29, 1.82) is 0 Å². The molecule has 2 aromatic carbocycles. The van der Waals surface area contributed by atoms with Crippen molar-refractivity contribution in [2.75, 3.05) is 0 Å². The van der Waals surface area contributed by atoms with Gasteiger partial charge in [-0.05, 0) is 35.4 Å². The lowest BCUT2D eigenvalue weighted by molar-refractivity contribution is 0.0567. The zero-order chi connectivity index (χ0) is 18.5. The molecule has 2 heterocycles. The summed E-state index contributed by atoms with van der Waals surface area (Å²) < 4.78 is 0. The molecule has 0 aliphatic heterocycles. The summed E-state index contributed by atoms with van der Waals surface area (Å²) in [6.07, 6.45) is 3.47. The predicted octanol–water partition coefficient (Wildman–Crippen LogP) is 4.54. The second-order valence-corrected chi connectivity index (χ2v) is 6.45. The molecule has 2 atom stereocenters. The van der Waals surface area contributed by atoms with Crippen LogP contribution in [-0.2, 0) is 5.60 Å². The second kappa shape index (κ2) is 7.52. The Labute approximate surface area is 159 Å². The van der Waals surface area contributed by atoms with Crippen LogP contribution in [0.1, 0.15) is 28.4 Å². The third-order valence-electron chi connectivity index (χ3n) is 4.80. The third-order valence-corrected chi connectivity index (χ3v) is 4.80. The van der Waals surface area contributed by atoms with Crippen LogP contribution in [0.4, 0.5) is 0 Å². The minimum absolute atomic E-state index is 0.405. The Balaban J connectivity index is 2.01. The third kappa shape index (κ3) is 3.25. The van der Waals surface area contributed by atoms with E-state index in [1.165, 1.54) is 0 Å². The number of nitrogens with zero attached hydrogens (tertiary/aromatic N) is 2. The highest BCUT2D eigenvalue weighted by molar-refractivity contribution is 5.43. The highest BCUT2D eigenvalue weighted by Gasteiger charge is 2.44. The quantitative estimate of drug-likeness (QED) is 0.573. The average Bonchev–Trinajstić information content (AvgIpc) is 2.76. The van der Waals surface area contributed by atoms with E-state index >= 15 is 0 Å². The number of benzene rings is 2. The van der Waals surface area contributed by atoms with Gasteiger partial charge < -0.3 is 5.11 Å². The second-order valence-electron chi connectivity index (χ2n) is 6.45. The molecule has 3 nitrogen and oxygen atoms in total. The van der Waals surface area contributed by atoms with Crippen LogP contribution in [-0.4, -0.2) is 15.1 Å². The molecule has 27 heavy (non-hydrogen) atoms. The predicted molar refractivity (Wildman–Crippen MR) is 106 cm³/mol. The number of hydrogen-bond donors (Lipinski definition) is 1. The highest BCUT2D eigenvalue weighted by atomic mass is 16.3. The number of pyridine rings is 2. The minimum atomic E-state index is -1.36. The summed E-state index contributed by atoms with van der Waals surface area (Å²) in [6, 6.07) is 31.1. The van der Waals surface area contributed by atoms with Gasteiger partial charge in [0.2, 0.25) is 0 Å². The Morgan fingerprint density at radius 1 is 0.630 bits per heavy atom. The first-order chi connectivity index (χ1) is 13.3. The van der Waals surface area contributed by atoms with Gasteiger partial charge in [-0.3, -0.25) is 9.97 Å². The molecule has 0 radical (unpaired) electrons. The molecule has 0 spiro atoms. The summed E-state index contributed by atoms with van der Waals surface area (Å²) in [7, 11) is 0. The molecule has 4 aromatic rings. The minimum Gasteiger partial charge on any atom is -0.378 e. The molecule has 2 aromatic heterocycles. The Kier molecular flexibility index (Phi) is 4.77. The molecule has 132 valence electrons. The van der Waals surface area contributed by atoms with Gasteiger partial charge in [-0.15, -0.1) is 0 Å². The standard InChI is InChI=1S/C24H20N2O/c27-24(20-13-5-2-6-14-20,22-16-8-10-18-26-22)23(19-11-3-1-4-12-19)21-15-7-9-17-25-21/h1-18,23,27H. The molecule has 0 bridgehead atoms. The van der Waals surface area contributed by atoms with Gasteiger partial charge in [0.25, 0.3) is 0 Å². The van der Waals surface area contributed by atoms with Crippen molar-refractivity contribution >= 4 is 0 Å². The van der Waals surface area contributed by atoms with Crippen LogP contribution < -0.4 is 0 Å². The summed E-state index contributed by atoms with van der Waals surface area (Å²) in [5, 5.41) is 12.2. The van der Waals surface area contributed by atoms with Gasteiger partial charge in [-0.25, -0.2) is 0 Å². The van der Waals surface area contributed by atoms with Gasteiger partial charge in [0.05, 0.1) is 17.3 Å². The largest absolute Gasteiger partial charge is 0.378 e. The van der Waals surface area contributed by atoms with Crippen molar-refractivity contribution in [3.8, 4) is 0 Å². The molecule has 4 rings (SSSR count). The SMILES string of the molecule is OC(c1ccccc1)(c1ccccn1)C(c1ccccc1)c1ccccn1. The summed E-state index contributed by atoms with van der Waals surface area (Å²) in [6.45, 7) is 0. The smallest absolute Gasteiger partial charge is 0.144 e. The average molecular weight is 352 g/mol. The first kappa shape index (κ1) is 17.1. The summed E-state index contributed by atoms with van der Waals surface area (Å²) in [5.74, 6) is -0.405. The van der Waals surface area contributed by atoms with E-state index < -0.39 is 11.5 Å². The van der Waals surface area contributed by atoms with E-state index in [2.05, 4.69) is 9.97 Å². The topological polar surface area (TPSA) is 46.0 Å². The van der Waals surface area contributed by atoms with Crippen LogP contribution in [0.2, 0.25) is 0 Å². The normalized spacial score (nSPS) is 14.3. The van der Waals surface area contributed by atoms with Gasteiger partial charge in [0.1, 0.15) is 5.60 Å². The molecule has 0 aliphatic carbocycles. The Bertz CT molecular complexity index is 895. The van der Waals surface area contributed by atoms with E-state index in [0.29, 0.717) is 5.69 Å². The molecule has 0 amide bonds. The van der Waals surface area contributed by atoms with E-state index in [1.807, 2.05) is 97.1 Å². The van der Waals surface area contributed by atoms with Crippen molar-refractivity contribution in [2.24, 2.45) is 0 Å². The first-order valence-electron chi connectivity index (χ1n) is 8.95. The summed E-state index contributed by atoms with van der Waals surface area (Å²) >= 11 is 0. The number of rotatable bonds is 5. The van der Waals surface area contributed by atoms with Crippen LogP contribution in [0.25, 0.3) is 0 Å². The van der Waals surface area contributed by atoms with Crippen molar-refractivity contribution in [2.45, 2.75) is 11.5 Å². The maximum absolute atomic E-state index is 12.2. The van der Waals surface area contributed by atoms with Gasteiger partial charge in [-0.1, -0.05) is 72.8 Å². The van der Waals surface area contributed by atoms with E-state index in [4.69, 9.17) is 0 Å². The van der Waals surface area contributed by atoms with Crippen molar-refractivity contribution < 1.29 is 5.11 Å². The van der Waals surface area contributed by atoms with Gasteiger partial charge in [0, 0.05) is 12.4 Å². The van der Waals surface area contributed by atoms with Gasteiger partial charge in [-0.2, -0.15) is 0 Å². The summed E-state index contributed by atoms with van der Waals surface area (Å²) in [5.41, 5.74) is 1.78.